The van der Waals surface area contributed by atoms with E-state index in [0.717, 1.165) is 26.2 Å². The number of carbonyl (C=O) groups is 1. The lowest BCUT2D eigenvalue weighted by atomic mass is 10.1. The van der Waals surface area contributed by atoms with Crippen LogP contribution in [0.3, 0.4) is 0 Å². The monoisotopic (exact) mass is 308 g/mol. The normalized spacial score (nSPS) is 16.4. The van der Waals surface area contributed by atoms with Crippen LogP contribution in [-0.2, 0) is 0 Å². The molecule has 0 amide bonds. The van der Waals surface area contributed by atoms with Gasteiger partial charge in [0, 0.05) is 31.7 Å². The summed E-state index contributed by atoms with van der Waals surface area (Å²) < 4.78 is 15.9. The van der Waals surface area contributed by atoms with Gasteiger partial charge in [0.1, 0.15) is 0 Å². The summed E-state index contributed by atoms with van der Waals surface area (Å²) in [6, 6.07) is 3.42. The van der Waals surface area contributed by atoms with Crippen LogP contribution in [0.25, 0.3) is 0 Å². The van der Waals surface area contributed by atoms with E-state index in [1.807, 2.05) is 0 Å². The minimum absolute atomic E-state index is 0.0591. The van der Waals surface area contributed by atoms with E-state index in [9.17, 15) is 4.79 Å². The molecule has 122 valence electrons. The quantitative estimate of drug-likeness (QED) is 0.735. The van der Waals surface area contributed by atoms with Gasteiger partial charge in [-0.1, -0.05) is 0 Å². The number of hydrogen-bond acceptors (Lipinski definition) is 6. The first-order valence-electron chi connectivity index (χ1n) is 7.33. The van der Waals surface area contributed by atoms with Gasteiger partial charge in [0.05, 0.1) is 27.9 Å². The Bertz CT molecular complexity index is 500. The number of Topliss-reactive ketones (excluding diaryl/α,β-unsaturated/α-hetero) is 1. The van der Waals surface area contributed by atoms with Crippen molar-refractivity contribution in [3.8, 4) is 17.2 Å². The highest BCUT2D eigenvalue weighted by molar-refractivity contribution is 5.98. The molecule has 0 aromatic heterocycles. The molecule has 22 heavy (non-hydrogen) atoms. The van der Waals surface area contributed by atoms with E-state index in [2.05, 4.69) is 16.8 Å². The predicted molar refractivity (Wildman–Crippen MR) is 84.4 cm³/mol. The van der Waals surface area contributed by atoms with Gasteiger partial charge < -0.3 is 19.1 Å². The van der Waals surface area contributed by atoms with Gasteiger partial charge in [-0.15, -0.1) is 0 Å². The van der Waals surface area contributed by atoms with Crippen LogP contribution in [0.4, 0.5) is 0 Å². The highest BCUT2D eigenvalue weighted by Gasteiger charge is 2.20. The molecule has 1 aliphatic rings. The summed E-state index contributed by atoms with van der Waals surface area (Å²) in [4.78, 5) is 17.0. The van der Waals surface area contributed by atoms with E-state index in [4.69, 9.17) is 14.2 Å². The van der Waals surface area contributed by atoms with E-state index in [1.165, 1.54) is 0 Å². The molecule has 0 saturated carbocycles. The highest BCUT2D eigenvalue weighted by atomic mass is 16.5. The molecule has 1 saturated heterocycles. The van der Waals surface area contributed by atoms with Gasteiger partial charge in [0.15, 0.2) is 17.3 Å². The van der Waals surface area contributed by atoms with E-state index in [0.29, 0.717) is 29.4 Å². The molecular weight excluding hydrogens is 284 g/mol. The van der Waals surface area contributed by atoms with Crippen molar-refractivity contribution < 1.29 is 19.0 Å². The summed E-state index contributed by atoms with van der Waals surface area (Å²) in [5.41, 5.74) is 0.577. The number of methoxy groups -OCH3 is 3. The van der Waals surface area contributed by atoms with Crippen molar-refractivity contribution in [2.45, 2.75) is 0 Å². The van der Waals surface area contributed by atoms with Gasteiger partial charge in [-0.3, -0.25) is 9.69 Å². The molecule has 1 heterocycles. The van der Waals surface area contributed by atoms with Crippen LogP contribution < -0.4 is 14.2 Å². The zero-order valence-corrected chi connectivity index (χ0v) is 13.7. The maximum Gasteiger partial charge on any atom is 0.203 e. The van der Waals surface area contributed by atoms with Gasteiger partial charge >= 0.3 is 0 Å². The second-order valence-electron chi connectivity index (χ2n) is 5.42. The third-order valence-electron chi connectivity index (χ3n) is 3.95. The Morgan fingerprint density at radius 1 is 1.00 bits per heavy atom. The van der Waals surface area contributed by atoms with Crippen molar-refractivity contribution in [3.05, 3.63) is 17.7 Å². The summed E-state index contributed by atoms with van der Waals surface area (Å²) in [7, 11) is 6.74. The third kappa shape index (κ3) is 3.69. The topological polar surface area (TPSA) is 51.2 Å². The van der Waals surface area contributed by atoms with Crippen molar-refractivity contribution in [1.29, 1.82) is 0 Å². The van der Waals surface area contributed by atoms with Crippen LogP contribution in [0, 0.1) is 0 Å². The average molecular weight is 308 g/mol. The lowest BCUT2D eigenvalue weighted by Gasteiger charge is -2.31. The Labute approximate surface area is 131 Å². The number of ketones is 1. The first kappa shape index (κ1) is 16.6. The lowest BCUT2D eigenvalue weighted by molar-refractivity contribution is 0.0875. The fraction of sp³-hybridized carbons (Fsp3) is 0.562. The molecule has 0 N–H and O–H groups in total. The number of rotatable bonds is 6. The molecule has 1 fully saturated rings. The molecule has 6 nitrogen and oxygen atoms in total. The first-order chi connectivity index (χ1) is 10.6. The minimum Gasteiger partial charge on any atom is -0.493 e. The predicted octanol–water partition coefficient (Wildman–Crippen LogP) is 1.14. The molecule has 1 aromatic carbocycles. The van der Waals surface area contributed by atoms with Gasteiger partial charge in [-0.2, -0.15) is 0 Å². The minimum atomic E-state index is 0.0591. The summed E-state index contributed by atoms with van der Waals surface area (Å²) in [5, 5.41) is 0. The molecular formula is C16H24N2O4. The van der Waals surface area contributed by atoms with Crippen molar-refractivity contribution in [1.82, 2.24) is 9.80 Å². The van der Waals surface area contributed by atoms with Gasteiger partial charge in [0.25, 0.3) is 0 Å². The maximum absolute atomic E-state index is 12.5. The number of likely N-dealkylation sites (N-methyl/N-ethyl adjacent to an activating group) is 1. The summed E-state index contributed by atoms with van der Waals surface area (Å²) in [5.74, 6) is 1.57. The highest BCUT2D eigenvalue weighted by Crippen LogP contribution is 2.38. The SMILES string of the molecule is COc1cc(C(=O)CN2CCN(C)CC2)cc(OC)c1OC. The molecule has 0 bridgehead atoms. The average Bonchev–Trinajstić information content (AvgIpc) is 2.55. The van der Waals surface area contributed by atoms with Crippen LogP contribution >= 0.6 is 0 Å². The van der Waals surface area contributed by atoms with Crippen LogP contribution in [0.5, 0.6) is 17.2 Å². The smallest absolute Gasteiger partial charge is 0.203 e. The molecule has 1 aromatic rings. The van der Waals surface area contributed by atoms with E-state index in [-0.39, 0.29) is 5.78 Å². The molecule has 6 heteroatoms. The van der Waals surface area contributed by atoms with Crippen molar-refractivity contribution in [3.63, 3.8) is 0 Å². The molecule has 0 aliphatic carbocycles. The summed E-state index contributed by atoms with van der Waals surface area (Å²) >= 11 is 0. The summed E-state index contributed by atoms with van der Waals surface area (Å²) in [6.45, 7) is 4.21. The fourth-order valence-corrected chi connectivity index (χ4v) is 2.54. The fourth-order valence-electron chi connectivity index (χ4n) is 2.54. The Morgan fingerprint density at radius 2 is 1.55 bits per heavy atom. The van der Waals surface area contributed by atoms with Crippen molar-refractivity contribution in [2.24, 2.45) is 0 Å². The van der Waals surface area contributed by atoms with Crippen molar-refractivity contribution in [2.75, 3.05) is 61.1 Å². The van der Waals surface area contributed by atoms with E-state index < -0.39 is 0 Å². The Hall–Kier alpha value is -1.79. The molecule has 2 rings (SSSR count). The second-order valence-corrected chi connectivity index (χ2v) is 5.42. The molecule has 0 radical (unpaired) electrons. The third-order valence-corrected chi connectivity index (χ3v) is 3.95. The number of ether oxygens (including phenoxy) is 3. The first-order valence-corrected chi connectivity index (χ1v) is 7.33. The number of piperazine rings is 1. The Morgan fingerprint density at radius 3 is 2.00 bits per heavy atom. The van der Waals surface area contributed by atoms with Crippen LogP contribution in [-0.4, -0.2) is 76.7 Å². The Balaban J connectivity index is 2.15. The lowest BCUT2D eigenvalue weighted by Crippen LogP contribution is -2.46. The standard InChI is InChI=1S/C16H24N2O4/c1-17-5-7-18(8-6-17)11-13(19)12-9-14(20-2)16(22-4)15(10-12)21-3/h9-10H,5-8,11H2,1-4H3. The number of carbonyl (C=O) groups excluding carboxylic acids is 1. The van der Waals surface area contributed by atoms with Gasteiger partial charge in [-0.05, 0) is 19.2 Å². The zero-order valence-electron chi connectivity index (χ0n) is 13.7. The van der Waals surface area contributed by atoms with Crippen molar-refractivity contribution >= 4 is 5.78 Å². The number of hydrogen-bond donors (Lipinski definition) is 0. The molecule has 1 aliphatic heterocycles. The van der Waals surface area contributed by atoms with E-state index in [1.54, 1.807) is 33.5 Å². The molecule has 0 unspecified atom stereocenters. The summed E-state index contributed by atoms with van der Waals surface area (Å²) in [6.07, 6.45) is 0. The number of nitrogens with zero attached hydrogens (tertiary/aromatic N) is 2. The van der Waals surface area contributed by atoms with E-state index >= 15 is 0 Å². The van der Waals surface area contributed by atoms with Crippen LogP contribution in [0.2, 0.25) is 0 Å². The molecule has 0 spiro atoms. The van der Waals surface area contributed by atoms with Gasteiger partial charge in [-0.25, -0.2) is 0 Å². The van der Waals surface area contributed by atoms with Crippen LogP contribution in [0.15, 0.2) is 12.1 Å². The maximum atomic E-state index is 12.5. The largest absolute Gasteiger partial charge is 0.493 e. The van der Waals surface area contributed by atoms with Crippen LogP contribution in [0.1, 0.15) is 10.4 Å². The zero-order chi connectivity index (χ0) is 16.1. The Kier molecular flexibility index (Phi) is 5.63. The number of benzene rings is 1. The second kappa shape index (κ2) is 7.47. The van der Waals surface area contributed by atoms with Gasteiger partial charge in [0.2, 0.25) is 5.75 Å². The molecule has 0 atom stereocenters.